The van der Waals surface area contributed by atoms with Crippen molar-refractivity contribution in [1.29, 1.82) is 0 Å². The van der Waals surface area contributed by atoms with Crippen LogP contribution in [-0.4, -0.2) is 30.8 Å². The van der Waals surface area contributed by atoms with Gasteiger partial charge in [-0.15, -0.1) is 11.3 Å². The summed E-state index contributed by atoms with van der Waals surface area (Å²) in [5, 5.41) is 13.4. The van der Waals surface area contributed by atoms with Crippen LogP contribution in [0.3, 0.4) is 0 Å². The summed E-state index contributed by atoms with van der Waals surface area (Å²) in [6.07, 6.45) is -0.118. The van der Waals surface area contributed by atoms with Gasteiger partial charge in [0.25, 0.3) is 0 Å². The Morgan fingerprint density at radius 2 is 2.05 bits per heavy atom. The van der Waals surface area contributed by atoms with E-state index in [1.165, 1.54) is 23.5 Å². The van der Waals surface area contributed by atoms with Gasteiger partial charge in [0, 0.05) is 17.2 Å². The van der Waals surface area contributed by atoms with Crippen molar-refractivity contribution in [3.8, 4) is 17.2 Å². The molecule has 1 aromatic heterocycles. The van der Waals surface area contributed by atoms with Crippen LogP contribution >= 0.6 is 11.3 Å². The summed E-state index contributed by atoms with van der Waals surface area (Å²) in [5.74, 6) is 1.22. The van der Waals surface area contributed by atoms with Crippen molar-refractivity contribution in [1.82, 2.24) is 0 Å². The molecule has 3 rings (SSSR count). The maximum atomic E-state index is 11.0. The van der Waals surface area contributed by atoms with Crippen LogP contribution in [0.2, 0.25) is 0 Å². The van der Waals surface area contributed by atoms with Gasteiger partial charge < -0.3 is 19.1 Å². The molecular formula is C13H11LiO6S2. The van der Waals surface area contributed by atoms with Crippen molar-refractivity contribution in [2.24, 2.45) is 0 Å². The van der Waals surface area contributed by atoms with Crippen molar-refractivity contribution in [3.05, 3.63) is 34.5 Å². The largest absolute Gasteiger partial charge is 1.00 e. The smallest absolute Gasteiger partial charge is 0.744 e. The quantitative estimate of drug-likeness (QED) is 0.556. The molecule has 2 heterocycles. The zero-order valence-electron chi connectivity index (χ0n) is 11.7. The van der Waals surface area contributed by atoms with Crippen molar-refractivity contribution < 1.29 is 46.4 Å². The number of ether oxygens (including phenoxy) is 2. The van der Waals surface area contributed by atoms with Crippen LogP contribution in [0.5, 0.6) is 17.2 Å². The van der Waals surface area contributed by atoms with E-state index in [9.17, 15) is 18.1 Å². The topological polar surface area (TPSA) is 95.9 Å². The maximum absolute atomic E-state index is 11.0. The van der Waals surface area contributed by atoms with Gasteiger partial charge >= 0.3 is 18.9 Å². The number of hydrogen-bond donors (Lipinski definition) is 1. The second-order valence-electron chi connectivity index (χ2n) is 4.60. The predicted molar refractivity (Wildman–Crippen MR) is 74.0 cm³/mol. The molecule has 0 amide bonds. The molecule has 1 aliphatic heterocycles. The third kappa shape index (κ3) is 3.59. The van der Waals surface area contributed by atoms with Gasteiger partial charge in [0.05, 0.1) is 4.90 Å². The fourth-order valence-electron chi connectivity index (χ4n) is 2.09. The first-order valence-corrected chi connectivity index (χ1v) is 8.42. The van der Waals surface area contributed by atoms with Gasteiger partial charge in [-0.3, -0.25) is 0 Å². The van der Waals surface area contributed by atoms with Gasteiger partial charge in [-0.25, -0.2) is 8.42 Å². The molecule has 2 aromatic rings. The molecule has 0 bridgehead atoms. The van der Waals surface area contributed by atoms with Crippen molar-refractivity contribution in [2.75, 3.05) is 6.61 Å². The minimum atomic E-state index is -4.55. The number of benzene rings is 1. The summed E-state index contributed by atoms with van der Waals surface area (Å²) in [5.41, 5.74) is 0.333. The monoisotopic (exact) mass is 334 g/mol. The normalized spacial score (nSPS) is 16.9. The number of thiophene rings is 1. The Morgan fingerprint density at radius 3 is 2.77 bits per heavy atom. The summed E-state index contributed by atoms with van der Waals surface area (Å²) < 4.78 is 44.3. The van der Waals surface area contributed by atoms with Gasteiger partial charge in [0.2, 0.25) is 0 Å². The number of phenolic OH excluding ortho intramolecular Hbond substituents is 1. The molecule has 112 valence electrons. The molecule has 1 aliphatic rings. The van der Waals surface area contributed by atoms with Crippen LogP contribution < -0.4 is 28.3 Å². The van der Waals surface area contributed by atoms with Gasteiger partial charge in [-0.1, -0.05) is 0 Å². The van der Waals surface area contributed by atoms with Crippen LogP contribution in [0, 0.1) is 0 Å². The van der Waals surface area contributed by atoms with E-state index in [4.69, 9.17) is 9.47 Å². The van der Waals surface area contributed by atoms with E-state index < -0.39 is 10.1 Å². The molecule has 0 saturated heterocycles. The van der Waals surface area contributed by atoms with E-state index in [-0.39, 0.29) is 48.6 Å². The Labute approximate surface area is 143 Å². The molecule has 1 N–H and O–H groups in total. The summed E-state index contributed by atoms with van der Waals surface area (Å²) in [4.78, 5) is -0.372. The maximum Gasteiger partial charge on any atom is 1.00 e. The van der Waals surface area contributed by atoms with E-state index in [1.54, 1.807) is 5.38 Å². The Hall–Kier alpha value is -1.17. The molecule has 1 atom stereocenters. The number of phenols is 1. The molecule has 0 saturated carbocycles. The first kappa shape index (κ1) is 17.2. The van der Waals surface area contributed by atoms with E-state index in [0.29, 0.717) is 17.1 Å². The van der Waals surface area contributed by atoms with Gasteiger partial charge in [0.1, 0.15) is 28.6 Å². The molecule has 0 spiro atoms. The molecule has 0 aliphatic carbocycles. The van der Waals surface area contributed by atoms with Crippen molar-refractivity contribution in [3.63, 3.8) is 0 Å². The molecule has 0 radical (unpaired) electrons. The second kappa shape index (κ2) is 6.52. The number of fused-ring (bicyclic) bond motifs is 1. The molecule has 1 aromatic carbocycles. The van der Waals surface area contributed by atoms with Crippen molar-refractivity contribution in [2.45, 2.75) is 17.4 Å². The zero-order chi connectivity index (χ0) is 15.0. The molecule has 0 fully saturated rings. The first-order chi connectivity index (χ1) is 9.93. The fraction of sp³-hybridized carbons (Fsp3) is 0.231. The number of rotatable bonds is 3. The Morgan fingerprint density at radius 1 is 1.32 bits per heavy atom. The second-order valence-corrected chi connectivity index (χ2v) is 6.72. The Bertz CT molecular complexity index is 771. The van der Waals surface area contributed by atoms with Crippen LogP contribution in [0.15, 0.2) is 33.9 Å². The summed E-state index contributed by atoms with van der Waals surface area (Å²) in [6, 6.07) is 3.44. The van der Waals surface area contributed by atoms with E-state index >= 15 is 0 Å². The minimum absolute atomic E-state index is 0. The fourth-order valence-corrected chi connectivity index (χ4v) is 3.28. The standard InChI is InChI=1S/C13H12O6S2.Li/c14-11-2-1-10(21(15,16)17)4-8(11)3-9-5-18-12-6-20-7-13(12)19-9;/h1-2,4,6-7,9,14H,3,5H2,(H,15,16,17);/q;+1/p-1. The van der Waals surface area contributed by atoms with E-state index in [1.807, 2.05) is 5.38 Å². The zero-order valence-corrected chi connectivity index (χ0v) is 13.3. The van der Waals surface area contributed by atoms with Crippen molar-refractivity contribution >= 4 is 21.5 Å². The Kier molecular flexibility index (Phi) is 5.09. The van der Waals surface area contributed by atoms with E-state index in [0.717, 1.165) is 6.07 Å². The molecule has 22 heavy (non-hydrogen) atoms. The first-order valence-electron chi connectivity index (χ1n) is 6.07. The van der Waals surface area contributed by atoms with Gasteiger partial charge in [0.15, 0.2) is 11.5 Å². The number of aromatic hydroxyl groups is 1. The molecule has 9 heteroatoms. The third-order valence-electron chi connectivity index (χ3n) is 3.10. The van der Waals surface area contributed by atoms with Crippen LogP contribution in [0.1, 0.15) is 5.56 Å². The average molecular weight is 334 g/mol. The molecular weight excluding hydrogens is 323 g/mol. The van der Waals surface area contributed by atoms with E-state index in [2.05, 4.69) is 0 Å². The Balaban J connectivity index is 0.00000176. The van der Waals surface area contributed by atoms with Crippen LogP contribution in [0.4, 0.5) is 0 Å². The molecule has 1 unspecified atom stereocenters. The SMILES string of the molecule is O=S(=O)([O-])c1ccc(O)c(CC2COc3cscc3O2)c1.[Li+]. The van der Waals surface area contributed by atoms with Gasteiger partial charge in [-0.05, 0) is 23.8 Å². The van der Waals surface area contributed by atoms with Gasteiger partial charge in [-0.2, -0.15) is 0 Å². The number of hydrogen-bond acceptors (Lipinski definition) is 7. The summed E-state index contributed by atoms with van der Waals surface area (Å²) >= 11 is 1.45. The summed E-state index contributed by atoms with van der Waals surface area (Å²) in [7, 11) is -4.55. The average Bonchev–Trinajstić information content (AvgIpc) is 2.87. The summed E-state index contributed by atoms with van der Waals surface area (Å²) in [6.45, 7) is 0.289. The van der Waals surface area contributed by atoms with Crippen LogP contribution in [-0.2, 0) is 16.5 Å². The third-order valence-corrected chi connectivity index (χ3v) is 4.63. The molecule has 6 nitrogen and oxygen atoms in total. The predicted octanol–water partition coefficient (Wildman–Crippen LogP) is -1.26. The minimum Gasteiger partial charge on any atom is -0.744 e. The van der Waals surface area contributed by atoms with Crippen LogP contribution in [0.25, 0.3) is 0 Å².